The van der Waals surface area contributed by atoms with Crippen molar-refractivity contribution in [2.75, 3.05) is 0 Å². The number of aromatic nitrogens is 1. The number of pyridine rings is 1. The molecule has 0 radical (unpaired) electrons. The van der Waals surface area contributed by atoms with Crippen LogP contribution in [0.15, 0.2) is 12.1 Å². The topological polar surface area (TPSA) is 38.9 Å². The summed E-state index contributed by atoms with van der Waals surface area (Å²) >= 11 is 0. The molecule has 0 unspecified atom stereocenters. The summed E-state index contributed by atoms with van der Waals surface area (Å²) in [5, 5.41) is 0. The molecule has 0 saturated heterocycles. The summed E-state index contributed by atoms with van der Waals surface area (Å²) < 4.78 is 12.5. The summed E-state index contributed by atoms with van der Waals surface area (Å²) in [5.74, 6) is -0.280. The first-order valence-electron chi connectivity index (χ1n) is 3.06. The molecule has 0 aliphatic rings. The minimum absolute atomic E-state index is 0.280. The molecule has 0 aliphatic heterocycles. The predicted molar refractivity (Wildman–Crippen MR) is 36.8 cm³/mol. The Morgan fingerprint density at radius 3 is 2.80 bits per heavy atom. The van der Waals surface area contributed by atoms with Crippen LogP contribution in [0.25, 0.3) is 0 Å². The first-order chi connectivity index (χ1) is 4.74. The Morgan fingerprint density at radius 1 is 1.60 bits per heavy atom. The largest absolute Gasteiger partial charge is 0.325 e. The molecule has 0 saturated carbocycles. The molecule has 54 valence electrons. The van der Waals surface area contributed by atoms with Crippen LogP contribution in [0.3, 0.4) is 0 Å². The minimum Gasteiger partial charge on any atom is -0.325 e. The Hall–Kier alpha value is -0.960. The zero-order chi connectivity index (χ0) is 7.56. The summed E-state index contributed by atoms with van der Waals surface area (Å²) in [7, 11) is 0. The van der Waals surface area contributed by atoms with Crippen LogP contribution in [0.5, 0.6) is 0 Å². The molecule has 2 N–H and O–H groups in total. The van der Waals surface area contributed by atoms with Gasteiger partial charge in [-0.3, -0.25) is 4.98 Å². The Kier molecular flexibility index (Phi) is 1.97. The highest BCUT2D eigenvalue weighted by molar-refractivity contribution is 5.11. The Balaban J connectivity index is 3.04. The monoisotopic (exact) mass is 140 g/mol. The third-order valence-corrected chi connectivity index (χ3v) is 1.29. The van der Waals surface area contributed by atoms with Gasteiger partial charge in [-0.25, -0.2) is 4.39 Å². The Morgan fingerprint density at radius 2 is 2.30 bits per heavy atom. The smallest absolute Gasteiger partial charge is 0.144 e. The van der Waals surface area contributed by atoms with Crippen molar-refractivity contribution in [2.24, 2.45) is 5.73 Å². The van der Waals surface area contributed by atoms with E-state index >= 15 is 0 Å². The van der Waals surface area contributed by atoms with E-state index < -0.39 is 0 Å². The second-order valence-electron chi connectivity index (χ2n) is 2.07. The molecule has 0 fully saturated rings. The van der Waals surface area contributed by atoms with Gasteiger partial charge in [0.05, 0.1) is 11.4 Å². The van der Waals surface area contributed by atoms with Gasteiger partial charge in [0.15, 0.2) is 0 Å². The van der Waals surface area contributed by atoms with E-state index in [1.54, 1.807) is 13.0 Å². The molecule has 1 aromatic heterocycles. The summed E-state index contributed by atoms with van der Waals surface area (Å²) in [6.07, 6.45) is 0. The highest BCUT2D eigenvalue weighted by Gasteiger charge is 1.97. The van der Waals surface area contributed by atoms with Crippen LogP contribution in [-0.4, -0.2) is 4.98 Å². The number of nitrogens with two attached hydrogens (primary N) is 1. The van der Waals surface area contributed by atoms with Gasteiger partial charge in [0, 0.05) is 6.54 Å². The second kappa shape index (κ2) is 2.75. The SMILES string of the molecule is Cc1nc(CN)ccc1F. The molecule has 0 atom stereocenters. The van der Waals surface area contributed by atoms with Crippen molar-refractivity contribution in [3.63, 3.8) is 0 Å². The van der Waals surface area contributed by atoms with Crippen molar-refractivity contribution in [1.29, 1.82) is 0 Å². The van der Waals surface area contributed by atoms with Gasteiger partial charge in [0.25, 0.3) is 0 Å². The van der Waals surface area contributed by atoms with Gasteiger partial charge >= 0.3 is 0 Å². The average Bonchev–Trinajstić information content (AvgIpc) is 1.95. The molecule has 1 rings (SSSR count). The van der Waals surface area contributed by atoms with E-state index in [9.17, 15) is 4.39 Å². The van der Waals surface area contributed by atoms with Crippen LogP contribution in [0.2, 0.25) is 0 Å². The number of nitrogens with zero attached hydrogens (tertiary/aromatic N) is 1. The molecule has 2 nitrogen and oxygen atoms in total. The van der Waals surface area contributed by atoms with Crippen LogP contribution >= 0.6 is 0 Å². The minimum atomic E-state index is -0.280. The number of halogens is 1. The van der Waals surface area contributed by atoms with Crippen molar-refractivity contribution in [2.45, 2.75) is 13.5 Å². The molecule has 1 heterocycles. The lowest BCUT2D eigenvalue weighted by molar-refractivity contribution is 0.607. The number of hydrogen-bond donors (Lipinski definition) is 1. The lowest BCUT2D eigenvalue weighted by atomic mass is 10.3. The first kappa shape index (κ1) is 7.15. The van der Waals surface area contributed by atoms with Gasteiger partial charge in [-0.1, -0.05) is 0 Å². The normalized spacial score (nSPS) is 9.90. The van der Waals surface area contributed by atoms with Gasteiger partial charge in [-0.05, 0) is 19.1 Å². The van der Waals surface area contributed by atoms with E-state index in [2.05, 4.69) is 4.98 Å². The van der Waals surface area contributed by atoms with Crippen LogP contribution in [-0.2, 0) is 6.54 Å². The molecule has 0 aliphatic carbocycles. The fraction of sp³-hybridized carbons (Fsp3) is 0.286. The van der Waals surface area contributed by atoms with E-state index in [-0.39, 0.29) is 5.82 Å². The summed E-state index contributed by atoms with van der Waals surface area (Å²) in [5.41, 5.74) is 6.41. The summed E-state index contributed by atoms with van der Waals surface area (Å²) in [4.78, 5) is 3.89. The lowest BCUT2D eigenvalue weighted by Gasteiger charge is -1.97. The van der Waals surface area contributed by atoms with Crippen molar-refractivity contribution < 1.29 is 4.39 Å². The molecule has 0 bridgehead atoms. The van der Waals surface area contributed by atoms with E-state index in [0.29, 0.717) is 12.2 Å². The lowest BCUT2D eigenvalue weighted by Crippen LogP contribution is -2.01. The third kappa shape index (κ3) is 1.30. The van der Waals surface area contributed by atoms with Gasteiger partial charge in [-0.15, -0.1) is 0 Å². The Bertz CT molecular complexity index is 235. The molecule has 0 amide bonds. The van der Waals surface area contributed by atoms with Crippen LogP contribution in [0.4, 0.5) is 4.39 Å². The van der Waals surface area contributed by atoms with E-state index in [4.69, 9.17) is 5.73 Å². The maximum atomic E-state index is 12.5. The fourth-order valence-electron chi connectivity index (χ4n) is 0.710. The predicted octanol–water partition coefficient (Wildman–Crippen LogP) is 0.988. The third-order valence-electron chi connectivity index (χ3n) is 1.29. The number of hydrogen-bond acceptors (Lipinski definition) is 2. The molecule has 1 aromatic rings. The van der Waals surface area contributed by atoms with E-state index in [1.165, 1.54) is 6.07 Å². The highest BCUT2D eigenvalue weighted by Crippen LogP contribution is 2.02. The maximum absolute atomic E-state index is 12.5. The van der Waals surface area contributed by atoms with Crippen molar-refractivity contribution in [3.8, 4) is 0 Å². The molecular weight excluding hydrogens is 131 g/mol. The highest BCUT2D eigenvalue weighted by atomic mass is 19.1. The van der Waals surface area contributed by atoms with Gasteiger partial charge < -0.3 is 5.73 Å². The second-order valence-corrected chi connectivity index (χ2v) is 2.07. The summed E-state index contributed by atoms with van der Waals surface area (Å²) in [6, 6.07) is 2.97. The Labute approximate surface area is 58.9 Å². The van der Waals surface area contributed by atoms with E-state index in [0.717, 1.165) is 5.69 Å². The number of rotatable bonds is 1. The van der Waals surface area contributed by atoms with Gasteiger partial charge in [-0.2, -0.15) is 0 Å². The van der Waals surface area contributed by atoms with Crippen molar-refractivity contribution in [3.05, 3.63) is 29.3 Å². The zero-order valence-corrected chi connectivity index (χ0v) is 5.76. The molecular formula is C7H9FN2. The summed E-state index contributed by atoms with van der Waals surface area (Å²) in [6.45, 7) is 1.98. The van der Waals surface area contributed by atoms with Gasteiger partial charge in [0.1, 0.15) is 5.82 Å². The molecule has 0 aromatic carbocycles. The standard InChI is InChI=1S/C7H9FN2/c1-5-7(8)3-2-6(4-9)10-5/h2-3H,4,9H2,1H3. The van der Waals surface area contributed by atoms with Crippen LogP contribution in [0.1, 0.15) is 11.4 Å². The van der Waals surface area contributed by atoms with Crippen LogP contribution < -0.4 is 5.73 Å². The zero-order valence-electron chi connectivity index (χ0n) is 5.76. The van der Waals surface area contributed by atoms with E-state index in [1.807, 2.05) is 0 Å². The molecule has 3 heteroatoms. The van der Waals surface area contributed by atoms with Gasteiger partial charge in [0.2, 0.25) is 0 Å². The quantitative estimate of drug-likeness (QED) is 0.631. The number of aryl methyl sites for hydroxylation is 1. The van der Waals surface area contributed by atoms with Crippen LogP contribution in [0, 0.1) is 12.7 Å². The maximum Gasteiger partial charge on any atom is 0.144 e. The fourth-order valence-corrected chi connectivity index (χ4v) is 0.710. The first-order valence-corrected chi connectivity index (χ1v) is 3.06. The molecule has 0 spiro atoms. The van der Waals surface area contributed by atoms with Crippen molar-refractivity contribution in [1.82, 2.24) is 4.98 Å². The van der Waals surface area contributed by atoms with Crippen molar-refractivity contribution >= 4 is 0 Å². The average molecular weight is 140 g/mol. The molecule has 10 heavy (non-hydrogen) atoms.